The van der Waals surface area contributed by atoms with E-state index in [1.807, 2.05) is 59.8 Å². The number of carbonyl (C=O) groups excluding carboxylic acids is 1. The zero-order valence-electron chi connectivity index (χ0n) is 20.8. The molecule has 2 fully saturated rings. The number of nitrogens with zero attached hydrogens (tertiary/aromatic N) is 4. The van der Waals surface area contributed by atoms with Crippen molar-refractivity contribution in [2.45, 2.75) is 25.7 Å². The van der Waals surface area contributed by atoms with Crippen LogP contribution >= 0.6 is 11.6 Å². The Hall–Kier alpha value is -3.51. The van der Waals surface area contributed by atoms with Gasteiger partial charge in [-0.3, -0.25) is 9.36 Å². The van der Waals surface area contributed by atoms with Crippen LogP contribution in [0.1, 0.15) is 36.0 Å². The smallest absolute Gasteiger partial charge is 0.253 e. The van der Waals surface area contributed by atoms with Crippen LogP contribution in [0.3, 0.4) is 0 Å². The summed E-state index contributed by atoms with van der Waals surface area (Å²) in [6, 6.07) is 19.1. The summed E-state index contributed by atoms with van der Waals surface area (Å²) in [5.41, 5.74) is 1.38. The van der Waals surface area contributed by atoms with Crippen LogP contribution < -0.4 is 4.90 Å². The Morgan fingerprint density at radius 3 is 2.32 bits per heavy atom. The average molecular weight is 515 g/mol. The predicted molar refractivity (Wildman–Crippen MR) is 148 cm³/mol. The number of rotatable bonds is 4. The van der Waals surface area contributed by atoms with Gasteiger partial charge in [0, 0.05) is 55.2 Å². The minimum atomic E-state index is 0.0551. The fourth-order valence-electron chi connectivity index (χ4n) is 6.09. The van der Waals surface area contributed by atoms with Crippen molar-refractivity contribution in [3.8, 4) is 11.6 Å². The number of hydrogen-bond acceptors (Lipinski definition) is 4. The summed E-state index contributed by atoms with van der Waals surface area (Å²) in [5, 5.41) is 12.8. The molecule has 4 heterocycles. The van der Waals surface area contributed by atoms with Crippen molar-refractivity contribution in [3.63, 3.8) is 0 Å². The molecule has 2 aromatic carbocycles. The number of halogens is 1. The highest BCUT2D eigenvalue weighted by Crippen LogP contribution is 2.36. The fourth-order valence-corrected chi connectivity index (χ4v) is 6.35. The van der Waals surface area contributed by atoms with Gasteiger partial charge in [0.25, 0.3) is 5.91 Å². The van der Waals surface area contributed by atoms with Gasteiger partial charge >= 0.3 is 0 Å². The molecule has 0 unspecified atom stereocenters. The Balaban J connectivity index is 1.09. The van der Waals surface area contributed by atoms with Crippen LogP contribution in [-0.2, 0) is 0 Å². The number of piperidine rings is 2. The first-order valence-electron chi connectivity index (χ1n) is 13.1. The molecule has 6 rings (SSSR count). The van der Waals surface area contributed by atoms with Crippen molar-refractivity contribution >= 4 is 34.1 Å². The van der Waals surface area contributed by atoms with Crippen molar-refractivity contribution in [2.75, 3.05) is 31.1 Å². The quantitative estimate of drug-likeness (QED) is 0.354. The number of likely N-dealkylation sites (tertiary alicyclic amines) is 1. The third-order valence-corrected chi connectivity index (χ3v) is 8.46. The molecule has 0 atom stereocenters. The zero-order chi connectivity index (χ0) is 25.4. The third-order valence-electron chi connectivity index (χ3n) is 8.14. The van der Waals surface area contributed by atoms with Gasteiger partial charge in [-0.05, 0) is 73.9 Å². The van der Waals surface area contributed by atoms with Gasteiger partial charge in [-0.15, -0.1) is 0 Å². The second kappa shape index (κ2) is 10.1. The van der Waals surface area contributed by atoms with Crippen LogP contribution in [-0.4, -0.2) is 51.6 Å². The van der Waals surface area contributed by atoms with Gasteiger partial charge in [0.1, 0.15) is 5.82 Å². The number of benzene rings is 2. The predicted octanol–water partition coefficient (Wildman–Crippen LogP) is 6.15. The summed E-state index contributed by atoms with van der Waals surface area (Å²) >= 11 is 6.31. The second-order valence-electron chi connectivity index (χ2n) is 10.2. The van der Waals surface area contributed by atoms with Gasteiger partial charge in [0.05, 0.1) is 10.4 Å². The minimum Gasteiger partial charge on any atom is -0.494 e. The summed E-state index contributed by atoms with van der Waals surface area (Å²) < 4.78 is 1.69. The van der Waals surface area contributed by atoms with Gasteiger partial charge in [-0.2, -0.15) is 0 Å². The van der Waals surface area contributed by atoms with E-state index in [1.54, 1.807) is 10.6 Å². The van der Waals surface area contributed by atoms with Crippen molar-refractivity contribution in [3.05, 3.63) is 83.6 Å². The Labute approximate surface area is 222 Å². The summed E-state index contributed by atoms with van der Waals surface area (Å²) in [4.78, 5) is 22.3. The Morgan fingerprint density at radius 2 is 1.62 bits per heavy atom. The monoisotopic (exact) mass is 514 g/mol. The number of amides is 1. The summed E-state index contributed by atoms with van der Waals surface area (Å²) in [6.45, 7) is 3.70. The molecule has 0 radical (unpaired) electrons. The fraction of sp³-hybridized carbons (Fsp3) is 0.333. The van der Waals surface area contributed by atoms with Gasteiger partial charge < -0.3 is 14.9 Å². The molecule has 2 saturated heterocycles. The molecule has 37 heavy (non-hydrogen) atoms. The minimum absolute atomic E-state index is 0.0551. The summed E-state index contributed by atoms with van der Waals surface area (Å²) in [5.74, 6) is 2.61. The van der Waals surface area contributed by atoms with E-state index < -0.39 is 0 Å². The van der Waals surface area contributed by atoms with Crippen molar-refractivity contribution in [1.29, 1.82) is 0 Å². The maximum Gasteiger partial charge on any atom is 0.253 e. The van der Waals surface area contributed by atoms with Crippen molar-refractivity contribution < 1.29 is 9.90 Å². The largest absolute Gasteiger partial charge is 0.494 e. The van der Waals surface area contributed by atoms with E-state index in [9.17, 15) is 9.90 Å². The normalized spacial score (nSPS) is 17.4. The van der Waals surface area contributed by atoms with Gasteiger partial charge in [0.15, 0.2) is 0 Å². The Morgan fingerprint density at radius 1 is 0.892 bits per heavy atom. The molecule has 2 aromatic heterocycles. The highest BCUT2D eigenvalue weighted by atomic mass is 35.5. The molecule has 2 aliphatic heterocycles. The molecule has 4 aromatic rings. The lowest BCUT2D eigenvalue weighted by molar-refractivity contribution is 0.0645. The first kappa shape index (κ1) is 23.9. The van der Waals surface area contributed by atoms with Crippen LogP contribution in [0.4, 0.5) is 5.82 Å². The number of fused-ring (bicyclic) bond motifs is 1. The summed E-state index contributed by atoms with van der Waals surface area (Å²) in [6.07, 6.45) is 8.21. The molecule has 0 spiro atoms. The number of hydrogen-bond donors (Lipinski definition) is 1. The molecule has 0 aliphatic carbocycles. The Bertz CT molecular complexity index is 1400. The molecular weight excluding hydrogens is 484 g/mol. The second-order valence-corrected chi connectivity index (χ2v) is 10.6. The SMILES string of the molecule is O=C(c1cccc(-n2cc3cccc(Cl)c3c2O)c1)N1CCC(C2CCN(c3ccccn3)CC2)CC1. The van der Waals surface area contributed by atoms with E-state index >= 15 is 0 Å². The molecule has 190 valence electrons. The highest BCUT2D eigenvalue weighted by molar-refractivity contribution is 6.36. The first-order valence-corrected chi connectivity index (χ1v) is 13.5. The average Bonchev–Trinajstić information content (AvgIpc) is 3.31. The number of carbonyl (C=O) groups is 1. The number of pyridine rings is 1. The van der Waals surface area contributed by atoms with E-state index in [0.29, 0.717) is 21.9 Å². The van der Waals surface area contributed by atoms with E-state index in [0.717, 1.165) is 61.8 Å². The lowest BCUT2D eigenvalue weighted by Crippen LogP contribution is -2.43. The van der Waals surface area contributed by atoms with Crippen LogP contribution in [0.5, 0.6) is 5.88 Å². The van der Waals surface area contributed by atoms with E-state index in [1.165, 1.54) is 12.8 Å². The number of aromatic nitrogens is 2. The van der Waals surface area contributed by atoms with Gasteiger partial charge in [-0.25, -0.2) is 4.98 Å². The van der Waals surface area contributed by atoms with E-state index in [4.69, 9.17) is 11.6 Å². The Kier molecular flexibility index (Phi) is 6.51. The molecule has 1 amide bonds. The molecule has 2 aliphatic rings. The summed E-state index contributed by atoms with van der Waals surface area (Å²) in [7, 11) is 0. The molecule has 0 bridgehead atoms. The zero-order valence-corrected chi connectivity index (χ0v) is 21.5. The highest BCUT2D eigenvalue weighted by Gasteiger charge is 2.31. The lowest BCUT2D eigenvalue weighted by atomic mass is 9.78. The van der Waals surface area contributed by atoms with Crippen molar-refractivity contribution in [1.82, 2.24) is 14.5 Å². The van der Waals surface area contributed by atoms with Crippen molar-refractivity contribution in [2.24, 2.45) is 11.8 Å². The van der Waals surface area contributed by atoms with Crippen LogP contribution in [0, 0.1) is 11.8 Å². The first-order chi connectivity index (χ1) is 18.1. The molecule has 7 heteroatoms. The van der Waals surface area contributed by atoms with Crippen LogP contribution in [0.2, 0.25) is 5.02 Å². The van der Waals surface area contributed by atoms with Crippen LogP contribution in [0.15, 0.2) is 73.1 Å². The van der Waals surface area contributed by atoms with E-state index in [2.05, 4.69) is 22.0 Å². The number of anilines is 1. The molecule has 1 N–H and O–H groups in total. The molecular formula is C30H31ClN4O2. The third kappa shape index (κ3) is 4.66. The van der Waals surface area contributed by atoms with Gasteiger partial charge in [0.2, 0.25) is 5.88 Å². The maximum absolute atomic E-state index is 13.4. The molecule has 0 saturated carbocycles. The molecule has 6 nitrogen and oxygen atoms in total. The lowest BCUT2D eigenvalue weighted by Gasteiger charge is -2.40. The topological polar surface area (TPSA) is 61.6 Å². The maximum atomic E-state index is 13.4. The number of aromatic hydroxyl groups is 1. The van der Waals surface area contributed by atoms with Crippen LogP contribution in [0.25, 0.3) is 16.5 Å². The van der Waals surface area contributed by atoms with Gasteiger partial charge in [-0.1, -0.05) is 35.9 Å². The van der Waals surface area contributed by atoms with E-state index in [-0.39, 0.29) is 11.8 Å². The standard InChI is InChI=1S/C30H31ClN4O2/c31-26-8-4-6-24-20-35(30(37)28(24)26)25-7-3-5-23(19-25)29(36)34-17-12-22(13-18-34)21-10-15-33(16-11-21)27-9-1-2-14-32-27/h1-9,14,19-22,37H,10-13,15-18H2.